The normalized spacial score (nSPS) is 12.0. The number of aromatic nitrogens is 1. The lowest BCUT2D eigenvalue weighted by Crippen LogP contribution is -2.09. The van der Waals surface area contributed by atoms with Crippen molar-refractivity contribution in [2.75, 3.05) is 0 Å². The predicted octanol–water partition coefficient (Wildman–Crippen LogP) is 2.80. The molecule has 1 aromatic rings. The lowest BCUT2D eigenvalue weighted by molar-refractivity contribution is -0.141. The summed E-state index contributed by atoms with van der Waals surface area (Å²) in [5, 5.41) is 8.35. The van der Waals surface area contributed by atoms with Crippen LogP contribution in [0.15, 0.2) is 18.2 Å². The summed E-state index contributed by atoms with van der Waals surface area (Å²) in [7, 11) is 0. The molecule has 3 nitrogen and oxygen atoms in total. The third kappa shape index (κ3) is 3.80. The average molecular weight is 343 g/mol. The van der Waals surface area contributed by atoms with Gasteiger partial charge in [0.1, 0.15) is 9.39 Å². The third-order valence-electron chi connectivity index (χ3n) is 1.53. The zero-order valence-electron chi connectivity index (χ0n) is 7.62. The number of carboxylic acid groups (broad SMARTS) is 1. The van der Waals surface area contributed by atoms with Crippen LogP contribution in [0.3, 0.4) is 0 Å². The monoisotopic (exact) mass is 343 g/mol. The van der Waals surface area contributed by atoms with Crippen molar-refractivity contribution in [3.05, 3.63) is 33.2 Å². The van der Waals surface area contributed by atoms with Gasteiger partial charge in [0.2, 0.25) is 0 Å². The molecule has 1 rings (SSSR count). The maximum absolute atomic E-state index is 12.3. The molecule has 0 bridgehead atoms. The number of hydrogen-bond donors (Lipinski definition) is 1. The maximum Gasteiger partial charge on any atom is 0.433 e. The predicted molar refractivity (Wildman–Crippen MR) is 58.6 cm³/mol. The molecule has 0 atom stereocenters. The Morgan fingerprint density at radius 1 is 1.44 bits per heavy atom. The van der Waals surface area contributed by atoms with Crippen LogP contribution in [0.25, 0.3) is 6.08 Å². The van der Waals surface area contributed by atoms with Crippen molar-refractivity contribution in [3.63, 3.8) is 0 Å². The zero-order chi connectivity index (χ0) is 12.3. The highest BCUT2D eigenvalue weighted by Gasteiger charge is 2.32. The topological polar surface area (TPSA) is 50.2 Å². The van der Waals surface area contributed by atoms with E-state index < -0.39 is 17.8 Å². The van der Waals surface area contributed by atoms with Crippen LogP contribution in [0.1, 0.15) is 11.3 Å². The first kappa shape index (κ1) is 12.9. The molecule has 0 aliphatic heterocycles. The van der Waals surface area contributed by atoms with Gasteiger partial charge in [-0.2, -0.15) is 13.2 Å². The molecule has 0 aromatic carbocycles. The second-order valence-corrected chi connectivity index (χ2v) is 3.88. The molecule has 1 aromatic heterocycles. The molecule has 0 aliphatic rings. The van der Waals surface area contributed by atoms with Gasteiger partial charge in [0.05, 0.1) is 0 Å². The molecule has 16 heavy (non-hydrogen) atoms. The number of hydrogen-bond acceptors (Lipinski definition) is 2. The van der Waals surface area contributed by atoms with Crippen LogP contribution < -0.4 is 0 Å². The van der Waals surface area contributed by atoms with Crippen LogP contribution in [0.5, 0.6) is 0 Å². The first-order valence-electron chi connectivity index (χ1n) is 3.95. The van der Waals surface area contributed by atoms with E-state index >= 15 is 0 Å². The standard InChI is InChI=1S/C9H5F3INO2/c10-9(11,12)6-3-5(1-2-8(15)16)4-7(13)14-6/h1-4H,(H,15,16)/b2-1+. The van der Waals surface area contributed by atoms with E-state index in [0.717, 1.165) is 18.2 Å². The number of rotatable bonds is 2. The van der Waals surface area contributed by atoms with Gasteiger partial charge in [-0.1, -0.05) is 0 Å². The minimum atomic E-state index is -4.53. The minimum Gasteiger partial charge on any atom is -0.478 e. The Bertz CT molecular complexity index is 443. The van der Waals surface area contributed by atoms with Crippen LogP contribution in [-0.2, 0) is 11.0 Å². The molecule has 0 saturated carbocycles. The molecule has 86 valence electrons. The maximum atomic E-state index is 12.3. The van der Waals surface area contributed by atoms with Gasteiger partial charge in [-0.05, 0) is 46.4 Å². The Morgan fingerprint density at radius 2 is 2.06 bits per heavy atom. The van der Waals surface area contributed by atoms with Crippen molar-refractivity contribution in [1.82, 2.24) is 4.98 Å². The van der Waals surface area contributed by atoms with Crippen LogP contribution in [0.4, 0.5) is 13.2 Å². The number of aliphatic carboxylic acids is 1. The van der Waals surface area contributed by atoms with Crippen LogP contribution in [-0.4, -0.2) is 16.1 Å². The number of alkyl halides is 3. The lowest BCUT2D eigenvalue weighted by atomic mass is 10.2. The average Bonchev–Trinajstić information content (AvgIpc) is 2.12. The Balaban J connectivity index is 3.13. The van der Waals surface area contributed by atoms with Crippen LogP contribution in [0.2, 0.25) is 0 Å². The van der Waals surface area contributed by atoms with Crippen molar-refractivity contribution in [3.8, 4) is 0 Å². The Kier molecular flexibility index (Phi) is 3.89. The Hall–Kier alpha value is -1.12. The highest BCUT2D eigenvalue weighted by Crippen LogP contribution is 2.29. The van der Waals surface area contributed by atoms with Gasteiger partial charge in [-0.25, -0.2) is 9.78 Å². The van der Waals surface area contributed by atoms with Crippen molar-refractivity contribution < 1.29 is 23.1 Å². The quantitative estimate of drug-likeness (QED) is 0.510. The summed E-state index contributed by atoms with van der Waals surface area (Å²) < 4.78 is 37.2. The lowest BCUT2D eigenvalue weighted by Gasteiger charge is -2.06. The third-order valence-corrected chi connectivity index (χ3v) is 2.08. The number of carboxylic acids is 1. The molecular formula is C9H5F3INO2. The van der Waals surface area contributed by atoms with Gasteiger partial charge in [-0.15, -0.1) is 0 Å². The first-order chi connectivity index (χ1) is 7.29. The summed E-state index contributed by atoms with van der Waals surface area (Å²) in [6.07, 6.45) is -2.68. The summed E-state index contributed by atoms with van der Waals surface area (Å²) in [5.41, 5.74) is -0.890. The molecule has 1 heterocycles. The summed E-state index contributed by atoms with van der Waals surface area (Å²) in [6, 6.07) is 2.15. The van der Waals surface area contributed by atoms with Gasteiger partial charge < -0.3 is 5.11 Å². The van der Waals surface area contributed by atoms with Gasteiger partial charge >= 0.3 is 12.1 Å². The molecule has 0 unspecified atom stereocenters. The molecule has 0 saturated heterocycles. The number of halogens is 4. The van der Waals surface area contributed by atoms with Crippen molar-refractivity contribution in [2.24, 2.45) is 0 Å². The van der Waals surface area contributed by atoms with Gasteiger partial charge in [0, 0.05) is 6.08 Å². The van der Waals surface area contributed by atoms with E-state index in [2.05, 4.69) is 4.98 Å². The van der Waals surface area contributed by atoms with Gasteiger partial charge in [-0.3, -0.25) is 0 Å². The summed E-state index contributed by atoms with van der Waals surface area (Å²) in [5.74, 6) is -1.22. The van der Waals surface area contributed by atoms with E-state index in [0.29, 0.717) is 0 Å². The molecule has 7 heteroatoms. The molecule has 0 fully saturated rings. The van der Waals surface area contributed by atoms with E-state index in [1.165, 1.54) is 6.07 Å². The molecule has 0 amide bonds. The molecular weight excluding hydrogens is 338 g/mol. The van der Waals surface area contributed by atoms with E-state index in [-0.39, 0.29) is 9.26 Å². The molecule has 0 spiro atoms. The second-order valence-electron chi connectivity index (χ2n) is 2.78. The fraction of sp³-hybridized carbons (Fsp3) is 0.111. The van der Waals surface area contributed by atoms with Gasteiger partial charge in [0.25, 0.3) is 0 Å². The number of carbonyl (C=O) groups is 1. The van der Waals surface area contributed by atoms with Gasteiger partial charge in [0.15, 0.2) is 0 Å². The van der Waals surface area contributed by atoms with Crippen molar-refractivity contribution >= 4 is 34.6 Å². The highest BCUT2D eigenvalue weighted by molar-refractivity contribution is 14.1. The molecule has 0 aliphatic carbocycles. The largest absolute Gasteiger partial charge is 0.478 e. The summed E-state index contributed by atoms with van der Waals surface area (Å²) >= 11 is 1.64. The fourth-order valence-electron chi connectivity index (χ4n) is 0.926. The van der Waals surface area contributed by atoms with E-state index in [1.807, 2.05) is 0 Å². The van der Waals surface area contributed by atoms with Crippen LogP contribution in [0, 0.1) is 3.70 Å². The Morgan fingerprint density at radius 3 is 2.56 bits per heavy atom. The number of nitrogens with zero attached hydrogens (tertiary/aromatic N) is 1. The minimum absolute atomic E-state index is 0.147. The van der Waals surface area contributed by atoms with Crippen molar-refractivity contribution in [1.29, 1.82) is 0 Å². The van der Waals surface area contributed by atoms with Crippen molar-refractivity contribution in [2.45, 2.75) is 6.18 Å². The first-order valence-corrected chi connectivity index (χ1v) is 5.03. The fourth-order valence-corrected chi connectivity index (χ4v) is 1.55. The highest BCUT2D eigenvalue weighted by atomic mass is 127. The second kappa shape index (κ2) is 4.81. The Labute approximate surface area is 102 Å². The zero-order valence-corrected chi connectivity index (χ0v) is 9.78. The van der Waals surface area contributed by atoms with E-state index in [4.69, 9.17) is 5.11 Å². The number of pyridine rings is 1. The summed E-state index contributed by atoms with van der Waals surface area (Å²) in [4.78, 5) is 13.5. The van der Waals surface area contributed by atoms with Crippen LogP contribution >= 0.6 is 22.6 Å². The van der Waals surface area contributed by atoms with E-state index in [9.17, 15) is 18.0 Å². The molecule has 0 radical (unpaired) electrons. The van der Waals surface area contributed by atoms with E-state index in [1.54, 1.807) is 22.6 Å². The summed E-state index contributed by atoms with van der Waals surface area (Å²) in [6.45, 7) is 0. The SMILES string of the molecule is O=C(O)/C=C/c1cc(I)nc(C(F)(F)F)c1. The smallest absolute Gasteiger partial charge is 0.433 e. The molecule has 1 N–H and O–H groups in total.